The average molecular weight is 272 g/mol. The number of hydrazine groups is 1. The van der Waals surface area contributed by atoms with Crippen LogP contribution in [0, 0.1) is 0 Å². The van der Waals surface area contributed by atoms with Crippen LogP contribution >= 0.6 is 24.4 Å². The Balaban J connectivity index is 2.11. The van der Waals surface area contributed by atoms with Crippen LogP contribution < -0.4 is 21.5 Å². The Bertz CT molecular complexity index is 275. The van der Waals surface area contributed by atoms with Gasteiger partial charge in [0.05, 0.1) is 0 Å². The Kier molecular flexibility index (Phi) is 6.88. The molecular formula is C11H20N4S2. The van der Waals surface area contributed by atoms with Gasteiger partial charge in [0.2, 0.25) is 0 Å². The van der Waals surface area contributed by atoms with Crippen LogP contribution in [0.4, 0.5) is 0 Å². The van der Waals surface area contributed by atoms with Crippen LogP contribution in [-0.2, 0) is 0 Å². The van der Waals surface area contributed by atoms with Gasteiger partial charge in [-0.25, -0.2) is 0 Å². The van der Waals surface area contributed by atoms with Crippen molar-refractivity contribution in [3.8, 4) is 0 Å². The molecule has 1 aliphatic carbocycles. The Morgan fingerprint density at radius 3 is 2.41 bits per heavy atom. The van der Waals surface area contributed by atoms with E-state index in [1.165, 1.54) is 32.1 Å². The van der Waals surface area contributed by atoms with Crippen molar-refractivity contribution in [3.05, 3.63) is 12.7 Å². The van der Waals surface area contributed by atoms with E-state index in [0.717, 1.165) is 0 Å². The second kappa shape index (κ2) is 8.25. The molecule has 1 saturated carbocycles. The van der Waals surface area contributed by atoms with Crippen molar-refractivity contribution < 1.29 is 0 Å². The van der Waals surface area contributed by atoms with Gasteiger partial charge in [-0.3, -0.25) is 10.9 Å². The van der Waals surface area contributed by atoms with Crippen LogP contribution in [0.25, 0.3) is 0 Å². The van der Waals surface area contributed by atoms with Gasteiger partial charge < -0.3 is 10.6 Å². The van der Waals surface area contributed by atoms with E-state index in [9.17, 15) is 0 Å². The fraction of sp³-hybridized carbons (Fsp3) is 0.636. The number of nitrogens with one attached hydrogen (secondary N) is 4. The topological polar surface area (TPSA) is 48.1 Å². The van der Waals surface area contributed by atoms with Crippen molar-refractivity contribution >= 4 is 34.7 Å². The monoisotopic (exact) mass is 272 g/mol. The number of hydrogen-bond donors (Lipinski definition) is 4. The van der Waals surface area contributed by atoms with Crippen LogP contribution in [-0.4, -0.2) is 22.8 Å². The number of hydrogen-bond acceptors (Lipinski definition) is 2. The molecule has 1 rings (SSSR count). The van der Waals surface area contributed by atoms with Crippen LogP contribution in [0.5, 0.6) is 0 Å². The third kappa shape index (κ3) is 6.43. The van der Waals surface area contributed by atoms with Crippen molar-refractivity contribution in [2.24, 2.45) is 0 Å². The standard InChI is InChI=1S/C11H20N4S2/c1-2-8-12-10(16)14-15-11(17)13-9-6-4-3-5-7-9/h2,9H,1,3-8H2,(H2,12,14,16)(H2,13,15,17). The third-order valence-electron chi connectivity index (χ3n) is 2.64. The highest BCUT2D eigenvalue weighted by atomic mass is 32.1. The van der Waals surface area contributed by atoms with Crippen molar-refractivity contribution in [2.45, 2.75) is 38.1 Å². The summed E-state index contributed by atoms with van der Waals surface area (Å²) < 4.78 is 0. The van der Waals surface area contributed by atoms with Crippen molar-refractivity contribution in [3.63, 3.8) is 0 Å². The fourth-order valence-corrected chi connectivity index (χ4v) is 2.14. The van der Waals surface area contributed by atoms with Crippen molar-refractivity contribution in [1.29, 1.82) is 0 Å². The molecule has 6 heteroatoms. The van der Waals surface area contributed by atoms with Gasteiger partial charge in [0, 0.05) is 12.6 Å². The van der Waals surface area contributed by atoms with Gasteiger partial charge in [0.1, 0.15) is 0 Å². The smallest absolute Gasteiger partial charge is 0.185 e. The van der Waals surface area contributed by atoms with Crippen LogP contribution in [0.2, 0.25) is 0 Å². The van der Waals surface area contributed by atoms with Gasteiger partial charge in [-0.05, 0) is 37.3 Å². The minimum absolute atomic E-state index is 0.500. The predicted molar refractivity (Wildman–Crippen MR) is 79.7 cm³/mol. The van der Waals surface area contributed by atoms with E-state index in [4.69, 9.17) is 24.4 Å². The zero-order valence-corrected chi connectivity index (χ0v) is 11.6. The average Bonchev–Trinajstić information content (AvgIpc) is 2.35. The van der Waals surface area contributed by atoms with Crippen molar-refractivity contribution in [1.82, 2.24) is 21.5 Å². The highest BCUT2D eigenvalue weighted by Crippen LogP contribution is 2.16. The summed E-state index contributed by atoms with van der Waals surface area (Å²) in [6.45, 7) is 4.23. The van der Waals surface area contributed by atoms with Crippen LogP contribution in [0.15, 0.2) is 12.7 Å². The van der Waals surface area contributed by atoms with E-state index in [2.05, 4.69) is 28.1 Å². The summed E-state index contributed by atoms with van der Waals surface area (Å²) >= 11 is 10.2. The highest BCUT2D eigenvalue weighted by Gasteiger charge is 2.13. The summed E-state index contributed by atoms with van der Waals surface area (Å²) in [7, 11) is 0. The molecule has 0 atom stereocenters. The summed E-state index contributed by atoms with van der Waals surface area (Å²) in [6, 6.07) is 0.500. The Hall–Kier alpha value is -0.880. The highest BCUT2D eigenvalue weighted by molar-refractivity contribution is 7.80. The third-order valence-corrected chi connectivity index (χ3v) is 3.10. The summed E-state index contributed by atoms with van der Waals surface area (Å²) in [6.07, 6.45) is 8.04. The van der Waals surface area contributed by atoms with Gasteiger partial charge in [0.15, 0.2) is 10.2 Å². The summed E-state index contributed by atoms with van der Waals surface area (Å²) in [5.74, 6) is 0. The largest absolute Gasteiger partial charge is 0.359 e. The molecule has 0 aromatic carbocycles. The summed E-state index contributed by atoms with van der Waals surface area (Å²) in [5, 5.41) is 7.33. The van der Waals surface area contributed by atoms with Gasteiger partial charge >= 0.3 is 0 Å². The minimum atomic E-state index is 0.500. The molecule has 96 valence electrons. The van der Waals surface area contributed by atoms with Gasteiger partial charge in [0.25, 0.3) is 0 Å². The molecule has 0 bridgehead atoms. The zero-order chi connectivity index (χ0) is 12.5. The van der Waals surface area contributed by atoms with Crippen LogP contribution in [0.1, 0.15) is 32.1 Å². The van der Waals surface area contributed by atoms with E-state index in [1.54, 1.807) is 6.08 Å². The molecular weight excluding hydrogens is 252 g/mol. The molecule has 17 heavy (non-hydrogen) atoms. The maximum atomic E-state index is 5.17. The molecule has 0 aromatic heterocycles. The van der Waals surface area contributed by atoms with Gasteiger partial charge in [-0.2, -0.15) is 0 Å². The lowest BCUT2D eigenvalue weighted by Gasteiger charge is -2.24. The number of rotatable bonds is 3. The van der Waals surface area contributed by atoms with E-state index in [0.29, 0.717) is 22.8 Å². The lowest BCUT2D eigenvalue weighted by Crippen LogP contribution is -2.52. The zero-order valence-electron chi connectivity index (χ0n) is 9.92. The SMILES string of the molecule is C=CCNC(=S)NNC(=S)NC1CCCCC1. The van der Waals surface area contributed by atoms with Crippen molar-refractivity contribution in [2.75, 3.05) is 6.54 Å². The Morgan fingerprint density at radius 2 is 1.76 bits per heavy atom. The first-order valence-corrected chi connectivity index (χ1v) is 6.75. The maximum absolute atomic E-state index is 5.17. The van der Waals surface area contributed by atoms with E-state index < -0.39 is 0 Å². The minimum Gasteiger partial charge on any atom is -0.359 e. The molecule has 0 saturated heterocycles. The molecule has 1 fully saturated rings. The molecule has 4 nitrogen and oxygen atoms in total. The normalized spacial score (nSPS) is 15.8. The molecule has 0 unspecified atom stereocenters. The van der Waals surface area contributed by atoms with E-state index in [1.807, 2.05) is 0 Å². The summed E-state index contributed by atoms with van der Waals surface area (Å²) in [4.78, 5) is 0. The predicted octanol–water partition coefficient (Wildman–Crippen LogP) is 1.35. The quantitative estimate of drug-likeness (QED) is 0.353. The van der Waals surface area contributed by atoms with E-state index in [-0.39, 0.29) is 0 Å². The lowest BCUT2D eigenvalue weighted by molar-refractivity contribution is 0.411. The molecule has 0 aliphatic heterocycles. The first-order chi connectivity index (χ1) is 8.22. The van der Waals surface area contributed by atoms with Crippen LogP contribution in [0.3, 0.4) is 0 Å². The fourth-order valence-electron chi connectivity index (χ4n) is 1.79. The van der Waals surface area contributed by atoms with Gasteiger partial charge in [-0.1, -0.05) is 25.3 Å². The van der Waals surface area contributed by atoms with Gasteiger partial charge in [-0.15, -0.1) is 6.58 Å². The second-order valence-corrected chi connectivity index (χ2v) is 4.87. The maximum Gasteiger partial charge on any atom is 0.185 e. The van der Waals surface area contributed by atoms with E-state index >= 15 is 0 Å². The molecule has 1 aliphatic rings. The number of thiocarbonyl (C=S) groups is 2. The Labute approximate surface area is 114 Å². The molecule has 0 amide bonds. The first-order valence-electron chi connectivity index (χ1n) is 5.93. The first kappa shape index (κ1) is 14.2. The second-order valence-electron chi connectivity index (χ2n) is 4.06. The Morgan fingerprint density at radius 1 is 1.12 bits per heavy atom. The molecule has 4 N–H and O–H groups in total. The summed E-state index contributed by atoms with van der Waals surface area (Å²) in [5.41, 5.74) is 5.70. The molecule has 0 radical (unpaired) electrons. The lowest BCUT2D eigenvalue weighted by atomic mass is 9.96. The molecule has 0 spiro atoms. The molecule has 0 heterocycles. The molecule has 0 aromatic rings.